The van der Waals surface area contributed by atoms with Crippen LogP contribution in [-0.2, 0) is 0 Å². The molecule has 5 heteroatoms. The van der Waals surface area contributed by atoms with Crippen molar-refractivity contribution < 1.29 is 9.13 Å². The maximum absolute atomic E-state index is 13.0. The highest BCUT2D eigenvalue weighted by atomic mass is 32.1. The fourth-order valence-corrected chi connectivity index (χ4v) is 5.54. The molecule has 4 aliphatic rings. The first-order valence-electron chi connectivity index (χ1n) is 8.35. The predicted molar refractivity (Wildman–Crippen MR) is 88.1 cm³/mol. The molecule has 0 unspecified atom stereocenters. The van der Waals surface area contributed by atoms with Crippen molar-refractivity contribution in [2.45, 2.75) is 18.9 Å². The number of ether oxygens (including phenoxy) is 1. The lowest BCUT2D eigenvalue weighted by atomic mass is 9.66. The fraction of sp³-hybridized carbons (Fsp3) is 0.500. The molecule has 0 radical (unpaired) electrons. The van der Waals surface area contributed by atoms with E-state index in [2.05, 4.69) is 9.88 Å². The molecular weight excluding hydrogens is 311 g/mol. The van der Waals surface area contributed by atoms with Crippen LogP contribution in [0.2, 0.25) is 0 Å². The molecule has 1 aromatic carbocycles. The van der Waals surface area contributed by atoms with Crippen LogP contribution in [0, 0.1) is 23.6 Å². The van der Waals surface area contributed by atoms with E-state index in [0.717, 1.165) is 21.6 Å². The Labute approximate surface area is 139 Å². The SMILES string of the molecule is Fc1ccc(-c2cnc(OC3[C@H]4CC5C[C@H]3CN(C5)C4)s2)cc1. The molecule has 4 fully saturated rings. The van der Waals surface area contributed by atoms with E-state index in [-0.39, 0.29) is 5.82 Å². The summed E-state index contributed by atoms with van der Waals surface area (Å²) < 4.78 is 19.4. The minimum absolute atomic E-state index is 0.210. The number of aromatic nitrogens is 1. The molecule has 0 N–H and O–H groups in total. The van der Waals surface area contributed by atoms with E-state index >= 15 is 0 Å². The van der Waals surface area contributed by atoms with Crippen molar-refractivity contribution in [2.24, 2.45) is 17.8 Å². The van der Waals surface area contributed by atoms with Crippen LogP contribution in [0.3, 0.4) is 0 Å². The molecule has 120 valence electrons. The van der Waals surface area contributed by atoms with Gasteiger partial charge in [-0.25, -0.2) is 9.37 Å². The smallest absolute Gasteiger partial charge is 0.273 e. The van der Waals surface area contributed by atoms with Crippen molar-refractivity contribution in [1.82, 2.24) is 9.88 Å². The summed E-state index contributed by atoms with van der Waals surface area (Å²) in [4.78, 5) is 8.10. The number of hydrogen-bond donors (Lipinski definition) is 0. The van der Waals surface area contributed by atoms with Crippen LogP contribution in [-0.4, -0.2) is 35.6 Å². The highest BCUT2D eigenvalue weighted by Gasteiger charge is 2.48. The van der Waals surface area contributed by atoms with Crippen LogP contribution in [0.15, 0.2) is 30.5 Å². The van der Waals surface area contributed by atoms with Gasteiger partial charge in [0, 0.05) is 37.7 Å². The zero-order chi connectivity index (χ0) is 15.4. The molecular formula is C18H19FN2OS. The third-order valence-corrected chi connectivity index (χ3v) is 6.49. The lowest BCUT2D eigenvalue weighted by molar-refractivity contribution is -0.0985. The summed E-state index contributed by atoms with van der Waals surface area (Å²) in [5.41, 5.74) is 0.995. The molecule has 3 nitrogen and oxygen atoms in total. The van der Waals surface area contributed by atoms with Crippen LogP contribution >= 0.6 is 11.3 Å². The van der Waals surface area contributed by atoms with Crippen molar-refractivity contribution in [2.75, 3.05) is 19.6 Å². The van der Waals surface area contributed by atoms with Crippen molar-refractivity contribution >= 4 is 11.3 Å². The van der Waals surface area contributed by atoms with Gasteiger partial charge >= 0.3 is 0 Å². The Morgan fingerprint density at radius 2 is 1.83 bits per heavy atom. The number of hydrogen-bond acceptors (Lipinski definition) is 4. The standard InChI is InChI=1S/C18H19FN2OS/c19-15-3-1-12(2-4-15)16-7-20-18(23-16)22-17-13-5-11-6-14(17)10-21(8-11)9-13/h1-4,7,11,13-14,17H,5-6,8-10H2/t11?,13-,14-,17?/m0/s1. The quantitative estimate of drug-likeness (QED) is 0.859. The summed E-state index contributed by atoms with van der Waals surface area (Å²) in [7, 11) is 0. The van der Waals surface area contributed by atoms with Gasteiger partial charge in [-0.15, -0.1) is 0 Å². The van der Waals surface area contributed by atoms with Crippen LogP contribution < -0.4 is 4.74 Å². The van der Waals surface area contributed by atoms with Gasteiger partial charge in [0.2, 0.25) is 0 Å². The second-order valence-corrected chi connectivity index (χ2v) is 8.15. The Bertz CT molecular complexity index is 686. The molecule has 1 aromatic heterocycles. The number of nitrogens with zero attached hydrogens (tertiary/aromatic N) is 2. The Hall–Kier alpha value is -1.46. The van der Waals surface area contributed by atoms with Gasteiger partial charge in [0.1, 0.15) is 11.9 Å². The molecule has 2 aromatic rings. The summed E-state index contributed by atoms with van der Waals surface area (Å²) in [6.07, 6.45) is 4.80. The van der Waals surface area contributed by atoms with Crippen molar-refractivity contribution in [3.63, 3.8) is 0 Å². The average Bonchev–Trinajstić information content (AvgIpc) is 2.99. The Balaban J connectivity index is 1.34. The second kappa shape index (κ2) is 5.28. The van der Waals surface area contributed by atoms with Crippen LogP contribution in [0.25, 0.3) is 10.4 Å². The summed E-state index contributed by atoms with van der Waals surface area (Å²) in [6, 6.07) is 6.56. The minimum Gasteiger partial charge on any atom is -0.466 e. The van der Waals surface area contributed by atoms with E-state index in [9.17, 15) is 4.39 Å². The van der Waals surface area contributed by atoms with Crippen LogP contribution in [0.5, 0.6) is 5.19 Å². The van der Waals surface area contributed by atoms with Crippen molar-refractivity contribution in [3.05, 3.63) is 36.3 Å². The summed E-state index contributed by atoms with van der Waals surface area (Å²) in [5, 5.41) is 0.761. The molecule has 0 amide bonds. The normalized spacial score (nSPS) is 34.7. The van der Waals surface area contributed by atoms with E-state index in [4.69, 9.17) is 4.74 Å². The largest absolute Gasteiger partial charge is 0.466 e. The summed E-state index contributed by atoms with van der Waals surface area (Å²) in [5.74, 6) is 2.01. The number of piperidine rings is 3. The molecule has 2 atom stereocenters. The van der Waals surface area contributed by atoms with E-state index in [0.29, 0.717) is 17.9 Å². The van der Waals surface area contributed by atoms with E-state index in [1.54, 1.807) is 23.5 Å². The monoisotopic (exact) mass is 330 g/mol. The third kappa shape index (κ3) is 2.46. The lowest BCUT2D eigenvalue weighted by Crippen LogP contribution is -2.61. The highest BCUT2D eigenvalue weighted by molar-refractivity contribution is 7.16. The molecule has 1 aliphatic carbocycles. The lowest BCUT2D eigenvalue weighted by Gasteiger charge is -2.55. The number of thiazole rings is 1. The zero-order valence-corrected chi connectivity index (χ0v) is 13.6. The zero-order valence-electron chi connectivity index (χ0n) is 12.8. The first-order chi connectivity index (χ1) is 11.2. The molecule has 4 heterocycles. The Morgan fingerprint density at radius 3 is 2.52 bits per heavy atom. The third-order valence-electron chi connectivity index (χ3n) is 5.55. The van der Waals surface area contributed by atoms with Gasteiger partial charge < -0.3 is 9.64 Å². The van der Waals surface area contributed by atoms with Gasteiger partial charge in [-0.1, -0.05) is 23.5 Å². The maximum Gasteiger partial charge on any atom is 0.273 e. The number of benzene rings is 1. The highest BCUT2D eigenvalue weighted by Crippen LogP contribution is 2.45. The second-order valence-electron chi connectivity index (χ2n) is 7.16. The molecule has 1 saturated carbocycles. The molecule has 4 bridgehead atoms. The Morgan fingerprint density at radius 1 is 1.09 bits per heavy atom. The fourth-order valence-electron chi connectivity index (χ4n) is 4.73. The topological polar surface area (TPSA) is 25.4 Å². The van der Waals surface area contributed by atoms with Gasteiger partial charge in [-0.2, -0.15) is 0 Å². The van der Waals surface area contributed by atoms with Crippen LogP contribution in [0.4, 0.5) is 4.39 Å². The van der Waals surface area contributed by atoms with Gasteiger partial charge in [0.25, 0.3) is 5.19 Å². The van der Waals surface area contributed by atoms with E-state index < -0.39 is 0 Å². The Kier molecular flexibility index (Phi) is 3.20. The van der Waals surface area contributed by atoms with Gasteiger partial charge in [0.05, 0.1) is 4.88 Å². The van der Waals surface area contributed by atoms with Gasteiger partial charge in [-0.05, 0) is 36.5 Å². The maximum atomic E-state index is 13.0. The number of halogens is 1. The van der Waals surface area contributed by atoms with Crippen molar-refractivity contribution in [1.29, 1.82) is 0 Å². The molecule has 23 heavy (non-hydrogen) atoms. The number of rotatable bonds is 3. The first kappa shape index (κ1) is 13.9. The van der Waals surface area contributed by atoms with Crippen LogP contribution in [0.1, 0.15) is 12.8 Å². The van der Waals surface area contributed by atoms with Gasteiger partial charge in [-0.3, -0.25) is 0 Å². The predicted octanol–water partition coefficient (Wildman–Crippen LogP) is 3.67. The summed E-state index contributed by atoms with van der Waals surface area (Å²) >= 11 is 1.57. The van der Waals surface area contributed by atoms with E-state index in [1.165, 1.54) is 44.6 Å². The van der Waals surface area contributed by atoms with Gasteiger partial charge in [0.15, 0.2) is 0 Å². The molecule has 0 spiro atoms. The molecule has 3 aliphatic heterocycles. The minimum atomic E-state index is -0.210. The van der Waals surface area contributed by atoms with E-state index in [1.807, 2.05) is 6.20 Å². The summed E-state index contributed by atoms with van der Waals surface area (Å²) in [6.45, 7) is 3.67. The molecule has 6 rings (SSSR count). The average molecular weight is 330 g/mol. The first-order valence-corrected chi connectivity index (χ1v) is 9.17. The van der Waals surface area contributed by atoms with Crippen molar-refractivity contribution in [3.8, 4) is 15.6 Å². The molecule has 3 saturated heterocycles.